The van der Waals surface area contributed by atoms with Crippen molar-refractivity contribution < 1.29 is 9.47 Å². The summed E-state index contributed by atoms with van der Waals surface area (Å²) in [6.45, 7) is 2.59. The van der Waals surface area contributed by atoms with Crippen molar-refractivity contribution >= 4 is 34.2 Å². The maximum atomic E-state index is 6.54. The van der Waals surface area contributed by atoms with Gasteiger partial charge in [-0.1, -0.05) is 0 Å². The van der Waals surface area contributed by atoms with E-state index in [1.165, 1.54) is 14.5 Å². The molecule has 5 rings (SSSR count). The number of rotatable bonds is 7. The number of ether oxygens (including phenoxy) is 2. The molecule has 4 aromatic carbocycles. The number of hydrogen-bond donors (Lipinski definition) is 0. The van der Waals surface area contributed by atoms with E-state index >= 15 is 0 Å². The molecule has 1 heterocycles. The van der Waals surface area contributed by atoms with Crippen LogP contribution in [0.1, 0.15) is 22.8 Å². The van der Waals surface area contributed by atoms with Gasteiger partial charge in [0, 0.05) is 0 Å². The van der Waals surface area contributed by atoms with E-state index in [0.29, 0.717) is 12.5 Å². The second kappa shape index (κ2) is 10.9. The molecule has 0 fully saturated rings. The van der Waals surface area contributed by atoms with Crippen molar-refractivity contribution in [3.8, 4) is 0 Å². The molecule has 0 saturated heterocycles. The molecule has 35 heavy (non-hydrogen) atoms. The maximum absolute atomic E-state index is 6.54. The summed E-state index contributed by atoms with van der Waals surface area (Å²) in [4.78, 5) is 5.01. The Morgan fingerprint density at radius 1 is 0.829 bits per heavy atom. The van der Waals surface area contributed by atoms with Crippen LogP contribution in [0.25, 0.3) is 0 Å². The van der Waals surface area contributed by atoms with Gasteiger partial charge in [-0.15, -0.1) is 0 Å². The van der Waals surface area contributed by atoms with Gasteiger partial charge in [-0.2, -0.15) is 0 Å². The van der Waals surface area contributed by atoms with E-state index in [-0.39, 0.29) is 12.1 Å². The van der Waals surface area contributed by atoms with Gasteiger partial charge in [0.1, 0.15) is 0 Å². The van der Waals surface area contributed by atoms with Crippen molar-refractivity contribution in [1.29, 1.82) is 0 Å². The van der Waals surface area contributed by atoms with Crippen LogP contribution in [0.5, 0.6) is 0 Å². The van der Waals surface area contributed by atoms with Gasteiger partial charge in [0.2, 0.25) is 0 Å². The standard InChI is InChI=1S/C30H28N2O2Se/c1-22-17-19-24(20-18-22)32-35(25-13-7-4-8-14-25)28-16-10-9-15-26(28)30-31-27(21-33-2)29(34-30)23-11-5-3-6-12-23/h3-20,27,29H,21H2,1-2H3/t27-,29-,35?/m0/s1. The first-order valence-corrected chi connectivity index (χ1v) is 14.2. The Hall–Kier alpha value is -3.37. The third-order valence-electron chi connectivity index (χ3n) is 5.86. The first-order chi connectivity index (χ1) is 17.2. The molecule has 4 aromatic rings. The van der Waals surface area contributed by atoms with E-state index in [9.17, 15) is 0 Å². The van der Waals surface area contributed by atoms with Crippen LogP contribution >= 0.6 is 0 Å². The zero-order valence-electron chi connectivity index (χ0n) is 19.9. The molecule has 5 heteroatoms. The third kappa shape index (κ3) is 5.33. The van der Waals surface area contributed by atoms with Crippen LogP contribution in [0.4, 0.5) is 5.69 Å². The summed E-state index contributed by atoms with van der Waals surface area (Å²) in [7, 11) is 1.71. The van der Waals surface area contributed by atoms with Gasteiger partial charge in [0.05, 0.1) is 0 Å². The number of nitrogens with zero attached hydrogens (tertiary/aromatic N) is 2. The molecule has 1 aliphatic rings. The molecule has 1 aliphatic heterocycles. The van der Waals surface area contributed by atoms with Crippen LogP contribution < -0.4 is 8.92 Å². The van der Waals surface area contributed by atoms with Gasteiger partial charge >= 0.3 is 211 Å². The summed E-state index contributed by atoms with van der Waals surface area (Å²) in [5.41, 5.74) is 4.33. The van der Waals surface area contributed by atoms with Gasteiger partial charge in [-0.3, -0.25) is 0 Å². The Morgan fingerprint density at radius 3 is 2.20 bits per heavy atom. The Balaban J connectivity index is 1.60. The average Bonchev–Trinajstić information content (AvgIpc) is 3.33. The Kier molecular flexibility index (Phi) is 7.29. The van der Waals surface area contributed by atoms with Gasteiger partial charge in [0.15, 0.2) is 0 Å². The molecule has 176 valence electrons. The topological polar surface area (TPSA) is 43.2 Å². The minimum atomic E-state index is -1.81. The molecule has 0 N–H and O–H groups in total. The van der Waals surface area contributed by atoms with Crippen LogP contribution in [0.3, 0.4) is 0 Å². The SMILES string of the molecule is COC[C@@H]1N=C(c2ccccc2[Se](=Nc2ccc(C)cc2)c2ccccc2)O[C@H]1c1ccccc1. The van der Waals surface area contributed by atoms with Crippen LogP contribution in [-0.2, 0) is 9.47 Å². The molecule has 0 radical (unpaired) electrons. The van der Waals surface area contributed by atoms with Crippen LogP contribution in [0.15, 0.2) is 118 Å². The van der Waals surface area contributed by atoms with Crippen LogP contribution in [0, 0.1) is 6.92 Å². The molecule has 0 aromatic heterocycles. The fourth-order valence-electron chi connectivity index (χ4n) is 4.11. The van der Waals surface area contributed by atoms with E-state index in [4.69, 9.17) is 18.4 Å². The number of aliphatic imine (C=N–C) groups is 1. The van der Waals surface area contributed by atoms with Crippen molar-refractivity contribution in [2.45, 2.75) is 19.1 Å². The fourth-order valence-corrected chi connectivity index (χ4v) is 7.84. The number of aryl methyl sites for hydroxylation is 1. The molecule has 0 aliphatic carbocycles. The van der Waals surface area contributed by atoms with Gasteiger partial charge in [-0.25, -0.2) is 0 Å². The van der Waals surface area contributed by atoms with E-state index in [1.54, 1.807) is 7.11 Å². The molecule has 0 saturated carbocycles. The molecule has 0 spiro atoms. The van der Waals surface area contributed by atoms with E-state index < -0.39 is 13.7 Å². The predicted molar refractivity (Wildman–Crippen MR) is 144 cm³/mol. The van der Waals surface area contributed by atoms with E-state index in [2.05, 4.69) is 91.9 Å². The monoisotopic (exact) mass is 528 g/mol. The van der Waals surface area contributed by atoms with Gasteiger partial charge in [0.25, 0.3) is 0 Å². The summed E-state index contributed by atoms with van der Waals surface area (Å²) in [6.07, 6.45) is -0.177. The summed E-state index contributed by atoms with van der Waals surface area (Å²) in [5, 5.41) is 0. The van der Waals surface area contributed by atoms with Gasteiger partial charge < -0.3 is 0 Å². The normalized spacial score (nSPS) is 18.2. The van der Waals surface area contributed by atoms with Gasteiger partial charge in [-0.05, 0) is 0 Å². The summed E-state index contributed by atoms with van der Waals surface area (Å²) in [6, 6.07) is 37.6. The first-order valence-electron chi connectivity index (χ1n) is 11.7. The quantitative estimate of drug-likeness (QED) is 0.309. The predicted octanol–water partition coefficient (Wildman–Crippen LogP) is 5.23. The summed E-state index contributed by atoms with van der Waals surface area (Å²) >= 11 is -1.81. The molecule has 0 amide bonds. The summed E-state index contributed by atoms with van der Waals surface area (Å²) < 4.78 is 19.8. The number of benzene rings is 4. The fraction of sp³-hybridized carbons (Fsp3) is 0.167. The van der Waals surface area contributed by atoms with Crippen LogP contribution in [0.2, 0.25) is 0 Å². The average molecular weight is 528 g/mol. The Bertz CT molecular complexity index is 1340. The second-order valence-electron chi connectivity index (χ2n) is 8.43. The summed E-state index contributed by atoms with van der Waals surface area (Å²) in [5.74, 6) is 0.667. The van der Waals surface area contributed by atoms with E-state index in [0.717, 1.165) is 16.8 Å². The van der Waals surface area contributed by atoms with Crippen molar-refractivity contribution in [3.63, 3.8) is 0 Å². The third-order valence-corrected chi connectivity index (χ3v) is 9.81. The zero-order chi connectivity index (χ0) is 24.0. The molecule has 1 unspecified atom stereocenters. The minimum absolute atomic E-state index is 0.102. The van der Waals surface area contributed by atoms with E-state index in [1.807, 2.05) is 24.3 Å². The second-order valence-corrected chi connectivity index (χ2v) is 11.9. The van der Waals surface area contributed by atoms with Crippen LogP contribution in [-0.4, -0.2) is 39.4 Å². The van der Waals surface area contributed by atoms with Crippen molar-refractivity contribution in [1.82, 2.24) is 0 Å². The number of methoxy groups -OCH3 is 1. The molecule has 3 atom stereocenters. The Labute approximate surface area is 211 Å². The molecular weight excluding hydrogens is 499 g/mol. The zero-order valence-corrected chi connectivity index (χ0v) is 21.6. The Morgan fingerprint density at radius 2 is 1.49 bits per heavy atom. The number of hydrogen-bond acceptors (Lipinski definition) is 4. The molecule has 0 bridgehead atoms. The van der Waals surface area contributed by atoms with Crippen molar-refractivity contribution in [2.75, 3.05) is 13.7 Å². The molecule has 4 nitrogen and oxygen atoms in total. The van der Waals surface area contributed by atoms with Crippen molar-refractivity contribution in [3.05, 3.63) is 126 Å². The molecular formula is C30H28N2O2Se. The van der Waals surface area contributed by atoms with Crippen molar-refractivity contribution in [2.24, 2.45) is 8.95 Å². The first kappa shape index (κ1) is 23.4.